The highest BCUT2D eigenvalue weighted by Gasteiger charge is 2.42. The van der Waals surface area contributed by atoms with Gasteiger partial charge in [-0.05, 0) is 18.2 Å². The summed E-state index contributed by atoms with van der Waals surface area (Å²) in [5, 5.41) is 14.0. The summed E-state index contributed by atoms with van der Waals surface area (Å²) in [5.74, 6) is 0.845. The fraction of sp³-hybridized carbons (Fsp3) is 0.333. The Balaban J connectivity index is 1.38. The first-order valence-electron chi connectivity index (χ1n) is 9.58. The summed E-state index contributed by atoms with van der Waals surface area (Å²) in [6.45, 7) is 1.37. The topological polar surface area (TPSA) is 88.3 Å². The third kappa shape index (κ3) is 3.07. The number of hydrogen-bond donors (Lipinski definition) is 3. The molecule has 5 rings (SSSR count). The molecule has 2 amide bonds. The van der Waals surface area contributed by atoms with Crippen LogP contribution in [0.3, 0.4) is 0 Å². The smallest absolute Gasteiger partial charge is 0.319 e. The minimum Gasteiger partial charge on any atom is -0.487 e. The second kappa shape index (κ2) is 6.83. The van der Waals surface area contributed by atoms with Crippen LogP contribution >= 0.6 is 0 Å². The van der Waals surface area contributed by atoms with Crippen LogP contribution in [0.15, 0.2) is 48.7 Å². The second-order valence-corrected chi connectivity index (χ2v) is 7.43. The Labute approximate surface area is 162 Å². The van der Waals surface area contributed by atoms with Crippen molar-refractivity contribution in [2.75, 3.05) is 18.5 Å². The van der Waals surface area contributed by atoms with Gasteiger partial charge < -0.3 is 20.1 Å². The lowest BCUT2D eigenvalue weighted by molar-refractivity contribution is -0.0636. The van der Waals surface area contributed by atoms with Crippen LogP contribution in [0.5, 0.6) is 5.75 Å². The monoisotopic (exact) mass is 378 g/mol. The third-order valence-electron chi connectivity index (χ3n) is 5.64. The number of benzene rings is 2. The van der Waals surface area contributed by atoms with Crippen molar-refractivity contribution < 1.29 is 14.3 Å². The van der Waals surface area contributed by atoms with Crippen molar-refractivity contribution in [1.29, 1.82) is 0 Å². The van der Waals surface area contributed by atoms with E-state index in [-0.39, 0.29) is 17.7 Å². The van der Waals surface area contributed by atoms with Gasteiger partial charge in [0.25, 0.3) is 0 Å². The van der Waals surface area contributed by atoms with E-state index < -0.39 is 0 Å². The Kier molecular flexibility index (Phi) is 4.16. The molecule has 7 heteroatoms. The molecule has 0 radical (unpaired) electrons. The normalized spacial score (nSPS) is 20.4. The van der Waals surface area contributed by atoms with Gasteiger partial charge in [0, 0.05) is 30.2 Å². The molecule has 144 valence electrons. The molecule has 2 aromatic carbocycles. The number of para-hydroxylation sites is 1. The summed E-state index contributed by atoms with van der Waals surface area (Å²) in [4.78, 5) is 12.8. The molecule has 0 saturated carbocycles. The number of carbonyl (C=O) groups is 1. The molecule has 1 fully saturated rings. The first kappa shape index (κ1) is 17.1. The van der Waals surface area contributed by atoms with E-state index in [9.17, 15) is 4.79 Å². The highest BCUT2D eigenvalue weighted by atomic mass is 16.5. The van der Waals surface area contributed by atoms with Gasteiger partial charge in [0.15, 0.2) is 0 Å². The maximum absolute atomic E-state index is 12.8. The zero-order valence-corrected chi connectivity index (χ0v) is 15.4. The van der Waals surface area contributed by atoms with E-state index >= 15 is 0 Å². The molecule has 1 aromatic heterocycles. The van der Waals surface area contributed by atoms with Gasteiger partial charge in [-0.25, -0.2) is 4.79 Å². The molecule has 3 N–H and O–H groups in total. The van der Waals surface area contributed by atoms with E-state index in [1.165, 1.54) is 0 Å². The zero-order valence-electron chi connectivity index (χ0n) is 15.4. The molecule has 2 aliphatic rings. The van der Waals surface area contributed by atoms with Gasteiger partial charge in [0.05, 0.1) is 36.7 Å². The molecule has 1 spiro atoms. The molecule has 2 aliphatic heterocycles. The summed E-state index contributed by atoms with van der Waals surface area (Å²) in [6.07, 6.45) is 4.10. The van der Waals surface area contributed by atoms with Crippen LogP contribution in [0.4, 0.5) is 10.5 Å². The largest absolute Gasteiger partial charge is 0.487 e. The maximum Gasteiger partial charge on any atom is 0.319 e. The Morgan fingerprint density at radius 2 is 2.00 bits per heavy atom. The number of anilines is 1. The van der Waals surface area contributed by atoms with E-state index in [1.54, 1.807) is 6.20 Å². The van der Waals surface area contributed by atoms with Crippen molar-refractivity contribution >= 4 is 22.6 Å². The fourth-order valence-corrected chi connectivity index (χ4v) is 4.19. The molecule has 7 nitrogen and oxygen atoms in total. The molecule has 1 atom stereocenters. The van der Waals surface area contributed by atoms with Crippen molar-refractivity contribution in [2.45, 2.75) is 30.9 Å². The standard InChI is InChI=1S/C21H22N4O3/c26-20(23-16-5-3-6-17-15(16)13-22-25-17)24-18-12-21(8-10-27-11-9-21)28-19-7-2-1-4-14(18)19/h1-7,13,18H,8-12H2,(H,22,25)(H2,23,24,26). The van der Waals surface area contributed by atoms with Crippen LogP contribution in [0.2, 0.25) is 0 Å². The van der Waals surface area contributed by atoms with Crippen LogP contribution in [0, 0.1) is 0 Å². The van der Waals surface area contributed by atoms with Gasteiger partial charge in [-0.1, -0.05) is 24.3 Å². The van der Waals surface area contributed by atoms with E-state index in [4.69, 9.17) is 9.47 Å². The summed E-state index contributed by atoms with van der Waals surface area (Å²) >= 11 is 0. The van der Waals surface area contributed by atoms with Crippen molar-refractivity contribution in [3.8, 4) is 5.75 Å². The lowest BCUT2D eigenvalue weighted by Gasteiger charge is -2.44. The molecule has 1 unspecified atom stereocenters. The van der Waals surface area contributed by atoms with E-state index in [0.717, 1.165) is 47.2 Å². The maximum atomic E-state index is 12.8. The number of aromatic amines is 1. The number of nitrogens with zero attached hydrogens (tertiary/aromatic N) is 1. The first-order chi connectivity index (χ1) is 13.7. The summed E-state index contributed by atoms with van der Waals surface area (Å²) in [6, 6.07) is 13.3. The summed E-state index contributed by atoms with van der Waals surface area (Å²) < 4.78 is 11.9. The third-order valence-corrected chi connectivity index (χ3v) is 5.64. The van der Waals surface area contributed by atoms with Crippen molar-refractivity contribution in [3.05, 3.63) is 54.2 Å². The van der Waals surface area contributed by atoms with Gasteiger partial charge in [-0.3, -0.25) is 5.10 Å². The number of fused-ring (bicyclic) bond motifs is 2. The van der Waals surface area contributed by atoms with Crippen LogP contribution in [0.1, 0.15) is 30.9 Å². The van der Waals surface area contributed by atoms with E-state index in [2.05, 4.69) is 20.8 Å². The van der Waals surface area contributed by atoms with Crippen LogP contribution in [-0.2, 0) is 4.74 Å². The second-order valence-electron chi connectivity index (χ2n) is 7.43. The number of nitrogens with one attached hydrogen (secondary N) is 3. The molecular formula is C21H22N4O3. The number of rotatable bonds is 2. The number of ether oxygens (including phenoxy) is 2. The van der Waals surface area contributed by atoms with Gasteiger partial charge >= 0.3 is 6.03 Å². The van der Waals surface area contributed by atoms with Crippen LogP contribution in [-0.4, -0.2) is 35.0 Å². The molecule has 0 aliphatic carbocycles. The quantitative estimate of drug-likeness (QED) is 0.634. The van der Waals surface area contributed by atoms with Gasteiger partial charge in [-0.2, -0.15) is 5.10 Å². The molecule has 3 heterocycles. The Hall–Kier alpha value is -3.06. The van der Waals surface area contributed by atoms with Gasteiger partial charge in [0.1, 0.15) is 11.4 Å². The average Bonchev–Trinajstić information content (AvgIpc) is 3.18. The van der Waals surface area contributed by atoms with Gasteiger partial charge in [0.2, 0.25) is 0 Å². The first-order valence-corrected chi connectivity index (χ1v) is 9.58. The van der Waals surface area contributed by atoms with Crippen LogP contribution in [0.25, 0.3) is 10.9 Å². The van der Waals surface area contributed by atoms with Crippen molar-refractivity contribution in [1.82, 2.24) is 15.5 Å². The number of H-pyrrole nitrogens is 1. The van der Waals surface area contributed by atoms with Crippen molar-refractivity contribution in [3.63, 3.8) is 0 Å². The molecule has 28 heavy (non-hydrogen) atoms. The predicted molar refractivity (Wildman–Crippen MR) is 105 cm³/mol. The lowest BCUT2D eigenvalue weighted by Crippen LogP contribution is -2.49. The molecule has 1 saturated heterocycles. The van der Waals surface area contributed by atoms with Gasteiger partial charge in [-0.15, -0.1) is 0 Å². The Morgan fingerprint density at radius 1 is 1.14 bits per heavy atom. The SMILES string of the molecule is O=C(Nc1cccc2[nH]ncc12)NC1CC2(CCOCC2)Oc2ccccc21. The highest BCUT2D eigenvalue weighted by molar-refractivity contribution is 6.00. The number of aromatic nitrogens is 2. The number of carbonyl (C=O) groups excluding carboxylic acids is 1. The summed E-state index contributed by atoms with van der Waals surface area (Å²) in [7, 11) is 0. The van der Waals surface area contributed by atoms with Crippen molar-refractivity contribution in [2.24, 2.45) is 0 Å². The summed E-state index contributed by atoms with van der Waals surface area (Å²) in [5.41, 5.74) is 2.34. The Bertz CT molecular complexity index is 1010. The zero-order chi connectivity index (χ0) is 19.0. The fourth-order valence-electron chi connectivity index (χ4n) is 4.19. The van der Waals surface area contributed by atoms with Crippen LogP contribution < -0.4 is 15.4 Å². The molecule has 0 bridgehead atoms. The van der Waals surface area contributed by atoms with E-state index in [1.807, 2.05) is 42.5 Å². The molecule has 3 aromatic rings. The average molecular weight is 378 g/mol. The minimum absolute atomic E-state index is 0.119. The predicted octanol–water partition coefficient (Wildman–Crippen LogP) is 3.76. The number of urea groups is 1. The lowest BCUT2D eigenvalue weighted by atomic mass is 9.82. The van der Waals surface area contributed by atoms with E-state index in [0.29, 0.717) is 13.2 Å². The number of hydrogen-bond acceptors (Lipinski definition) is 4. The minimum atomic E-state index is -0.283. The highest BCUT2D eigenvalue weighted by Crippen LogP contribution is 2.43. The number of amides is 2. The molecular weight excluding hydrogens is 356 g/mol. The Morgan fingerprint density at radius 3 is 2.89 bits per heavy atom.